The Kier molecular flexibility index (Phi) is 12.1. The molecule has 3 heteroatoms. The number of esters is 1. The Hall–Kier alpha value is -0.240. The number of halogens is 1. The molecule has 0 aliphatic carbocycles. The lowest BCUT2D eigenvalue weighted by Crippen LogP contribution is -2.07. The molecule has 102 valence electrons. The zero-order valence-electron chi connectivity index (χ0n) is 11.3. The quantitative estimate of drug-likeness (QED) is 0.307. The predicted octanol–water partition coefficient (Wildman–Crippen LogP) is 4.69. The third-order valence-electron chi connectivity index (χ3n) is 2.76. The Bertz CT molecular complexity index is 181. The van der Waals surface area contributed by atoms with Crippen LogP contribution in [0.3, 0.4) is 0 Å². The molecule has 0 radical (unpaired) electrons. The van der Waals surface area contributed by atoms with E-state index in [1.54, 1.807) is 0 Å². The zero-order chi connectivity index (χ0) is 12.9. The van der Waals surface area contributed by atoms with Crippen LogP contribution >= 0.6 is 11.6 Å². The predicted molar refractivity (Wildman–Crippen MR) is 73.5 cm³/mol. The molecule has 1 unspecified atom stereocenters. The highest BCUT2D eigenvalue weighted by Gasteiger charge is 2.04. The molecular formula is C14H27ClO2. The normalized spacial score (nSPS) is 12.4. The van der Waals surface area contributed by atoms with Gasteiger partial charge in [-0.1, -0.05) is 45.4 Å². The van der Waals surface area contributed by atoms with Crippen molar-refractivity contribution in [2.24, 2.45) is 0 Å². The molecule has 0 aromatic rings. The van der Waals surface area contributed by atoms with Crippen molar-refractivity contribution in [3.63, 3.8) is 0 Å². The standard InChI is InChI=1S/C14H27ClO2/c1-3-4-5-6-7-8-9-12-17-14(16)11-10-13(2)15/h13H,3-12H2,1-2H3. The number of hydrogen-bond donors (Lipinski definition) is 0. The van der Waals surface area contributed by atoms with Crippen molar-refractivity contribution in [1.29, 1.82) is 0 Å². The Balaban J connectivity index is 3.14. The number of carbonyl (C=O) groups is 1. The highest BCUT2D eigenvalue weighted by molar-refractivity contribution is 6.20. The van der Waals surface area contributed by atoms with Crippen molar-refractivity contribution < 1.29 is 9.53 Å². The SMILES string of the molecule is CCCCCCCCCOC(=O)CCC(C)Cl. The van der Waals surface area contributed by atoms with Crippen LogP contribution in [0, 0.1) is 0 Å². The molecule has 0 aliphatic heterocycles. The molecule has 2 nitrogen and oxygen atoms in total. The molecule has 0 heterocycles. The van der Waals surface area contributed by atoms with Gasteiger partial charge < -0.3 is 4.74 Å². The molecule has 0 spiro atoms. The smallest absolute Gasteiger partial charge is 0.305 e. The minimum absolute atomic E-state index is 0.0566. The van der Waals surface area contributed by atoms with Gasteiger partial charge in [0.2, 0.25) is 0 Å². The van der Waals surface area contributed by atoms with Crippen molar-refractivity contribution in [2.75, 3.05) is 6.61 Å². The Morgan fingerprint density at radius 3 is 2.29 bits per heavy atom. The van der Waals surface area contributed by atoms with Crippen LogP contribution in [0.2, 0.25) is 0 Å². The first-order valence-electron chi connectivity index (χ1n) is 6.96. The van der Waals surface area contributed by atoms with Crippen LogP contribution in [0.15, 0.2) is 0 Å². The van der Waals surface area contributed by atoms with Crippen LogP contribution in [0.5, 0.6) is 0 Å². The van der Waals surface area contributed by atoms with Crippen LogP contribution in [-0.4, -0.2) is 18.0 Å². The van der Waals surface area contributed by atoms with E-state index in [9.17, 15) is 4.79 Å². The lowest BCUT2D eigenvalue weighted by atomic mass is 10.1. The molecule has 0 saturated carbocycles. The average Bonchev–Trinajstić information content (AvgIpc) is 2.30. The summed E-state index contributed by atoms with van der Waals surface area (Å²) < 4.78 is 5.12. The highest BCUT2D eigenvalue weighted by Crippen LogP contribution is 2.08. The maximum Gasteiger partial charge on any atom is 0.305 e. The van der Waals surface area contributed by atoms with Gasteiger partial charge in [0.15, 0.2) is 0 Å². The fourth-order valence-corrected chi connectivity index (χ4v) is 1.74. The molecule has 0 aromatic carbocycles. The van der Waals surface area contributed by atoms with Gasteiger partial charge in [-0.15, -0.1) is 11.6 Å². The summed E-state index contributed by atoms with van der Waals surface area (Å²) in [6.45, 7) is 4.69. The fraction of sp³-hybridized carbons (Fsp3) is 0.929. The van der Waals surface area contributed by atoms with Crippen LogP contribution in [0.1, 0.15) is 71.6 Å². The second-order valence-corrected chi connectivity index (χ2v) is 5.41. The fourth-order valence-electron chi connectivity index (χ4n) is 1.63. The lowest BCUT2D eigenvalue weighted by molar-refractivity contribution is -0.143. The van der Waals surface area contributed by atoms with E-state index in [0.717, 1.165) is 6.42 Å². The average molecular weight is 263 g/mol. The van der Waals surface area contributed by atoms with Gasteiger partial charge in [-0.05, 0) is 19.8 Å². The number of unbranched alkanes of at least 4 members (excludes halogenated alkanes) is 6. The summed E-state index contributed by atoms with van der Waals surface area (Å²) in [6, 6.07) is 0. The lowest BCUT2D eigenvalue weighted by Gasteiger charge is -2.05. The molecule has 0 N–H and O–H groups in total. The summed E-state index contributed by atoms with van der Waals surface area (Å²) >= 11 is 5.76. The summed E-state index contributed by atoms with van der Waals surface area (Å²) in [4.78, 5) is 11.2. The minimum atomic E-state index is -0.108. The van der Waals surface area contributed by atoms with E-state index in [4.69, 9.17) is 16.3 Å². The van der Waals surface area contributed by atoms with Crippen LogP contribution in [0.25, 0.3) is 0 Å². The summed E-state index contributed by atoms with van der Waals surface area (Å²) in [6.07, 6.45) is 9.85. The highest BCUT2D eigenvalue weighted by atomic mass is 35.5. The molecule has 17 heavy (non-hydrogen) atoms. The molecule has 0 rings (SSSR count). The van der Waals surface area contributed by atoms with Gasteiger partial charge >= 0.3 is 5.97 Å². The van der Waals surface area contributed by atoms with Gasteiger partial charge in [0, 0.05) is 11.8 Å². The van der Waals surface area contributed by atoms with E-state index in [1.807, 2.05) is 6.92 Å². The van der Waals surface area contributed by atoms with Crippen LogP contribution in [-0.2, 0) is 9.53 Å². The van der Waals surface area contributed by atoms with Crippen molar-refractivity contribution in [2.45, 2.75) is 77.0 Å². The number of alkyl halides is 1. The second kappa shape index (κ2) is 12.2. The third kappa shape index (κ3) is 13.7. The molecule has 0 saturated heterocycles. The van der Waals surface area contributed by atoms with E-state index >= 15 is 0 Å². The van der Waals surface area contributed by atoms with E-state index in [0.29, 0.717) is 19.4 Å². The van der Waals surface area contributed by atoms with Gasteiger partial charge in [0.05, 0.1) is 6.61 Å². The topological polar surface area (TPSA) is 26.3 Å². The third-order valence-corrected chi connectivity index (χ3v) is 2.98. The van der Waals surface area contributed by atoms with Crippen molar-refractivity contribution in [3.05, 3.63) is 0 Å². The van der Waals surface area contributed by atoms with Gasteiger partial charge in [-0.2, -0.15) is 0 Å². The molecule has 0 fully saturated rings. The van der Waals surface area contributed by atoms with E-state index in [-0.39, 0.29) is 11.3 Å². The number of carbonyl (C=O) groups excluding carboxylic acids is 1. The molecule has 1 atom stereocenters. The van der Waals surface area contributed by atoms with Crippen molar-refractivity contribution in [3.8, 4) is 0 Å². The summed E-state index contributed by atoms with van der Waals surface area (Å²) in [5, 5.41) is 0.0566. The molecule has 0 aromatic heterocycles. The van der Waals surface area contributed by atoms with Crippen molar-refractivity contribution >= 4 is 17.6 Å². The summed E-state index contributed by atoms with van der Waals surface area (Å²) in [7, 11) is 0. The number of ether oxygens (including phenoxy) is 1. The van der Waals surface area contributed by atoms with Gasteiger partial charge in [-0.3, -0.25) is 4.79 Å². The van der Waals surface area contributed by atoms with E-state index < -0.39 is 0 Å². The van der Waals surface area contributed by atoms with Crippen LogP contribution in [0.4, 0.5) is 0 Å². The Morgan fingerprint density at radius 1 is 1.12 bits per heavy atom. The maximum absolute atomic E-state index is 11.2. The number of rotatable bonds is 11. The van der Waals surface area contributed by atoms with Gasteiger partial charge in [0.1, 0.15) is 0 Å². The monoisotopic (exact) mass is 262 g/mol. The summed E-state index contributed by atoms with van der Waals surface area (Å²) in [5.41, 5.74) is 0. The van der Waals surface area contributed by atoms with E-state index in [1.165, 1.54) is 38.5 Å². The Labute approximate surface area is 111 Å². The van der Waals surface area contributed by atoms with Crippen molar-refractivity contribution in [1.82, 2.24) is 0 Å². The Morgan fingerprint density at radius 2 is 1.71 bits per heavy atom. The first-order chi connectivity index (χ1) is 8.16. The number of hydrogen-bond acceptors (Lipinski definition) is 2. The minimum Gasteiger partial charge on any atom is -0.466 e. The van der Waals surface area contributed by atoms with E-state index in [2.05, 4.69) is 6.92 Å². The molecule has 0 aliphatic rings. The summed E-state index contributed by atoms with van der Waals surface area (Å²) in [5.74, 6) is -0.108. The molecular weight excluding hydrogens is 236 g/mol. The van der Waals surface area contributed by atoms with Crippen LogP contribution < -0.4 is 0 Å². The van der Waals surface area contributed by atoms with Gasteiger partial charge in [0.25, 0.3) is 0 Å². The second-order valence-electron chi connectivity index (χ2n) is 4.66. The molecule has 0 amide bonds. The molecule has 0 bridgehead atoms. The zero-order valence-corrected chi connectivity index (χ0v) is 12.1. The largest absolute Gasteiger partial charge is 0.466 e. The first kappa shape index (κ1) is 16.8. The van der Waals surface area contributed by atoms with Gasteiger partial charge in [-0.25, -0.2) is 0 Å². The first-order valence-corrected chi connectivity index (χ1v) is 7.40. The maximum atomic E-state index is 11.2.